The zero-order valence-electron chi connectivity index (χ0n) is 10.1. The molecule has 0 aliphatic carbocycles. The van der Waals surface area contributed by atoms with Crippen LogP contribution in [0.5, 0.6) is 0 Å². The maximum absolute atomic E-state index is 12.3. The van der Waals surface area contributed by atoms with E-state index in [1.807, 2.05) is 0 Å². The van der Waals surface area contributed by atoms with Crippen LogP contribution in [0.15, 0.2) is 35.7 Å². The van der Waals surface area contributed by atoms with Crippen molar-refractivity contribution in [2.24, 2.45) is 0 Å². The zero-order valence-corrected chi connectivity index (χ0v) is 11.7. The number of halogens is 1. The minimum Gasteiger partial charge on any atom is -0.274 e. The summed E-state index contributed by atoms with van der Waals surface area (Å²) in [5.74, 6) is -0.507. The van der Waals surface area contributed by atoms with Crippen LogP contribution in [0, 0.1) is 0 Å². The molecule has 1 saturated heterocycles. The summed E-state index contributed by atoms with van der Waals surface area (Å²) in [5, 5.41) is 6.88. The molecule has 1 aliphatic rings. The van der Waals surface area contributed by atoms with Crippen molar-refractivity contribution in [3.63, 3.8) is 0 Å². The van der Waals surface area contributed by atoms with Crippen molar-refractivity contribution in [2.45, 2.75) is 16.8 Å². The van der Waals surface area contributed by atoms with Crippen LogP contribution in [-0.4, -0.2) is 32.2 Å². The van der Waals surface area contributed by atoms with E-state index in [2.05, 4.69) is 15.2 Å². The summed E-state index contributed by atoms with van der Waals surface area (Å²) in [6.07, 6.45) is 1.50. The molecule has 1 aromatic heterocycles. The first-order chi connectivity index (χ1) is 9.65. The lowest BCUT2D eigenvalue weighted by Gasteiger charge is -2.14. The van der Waals surface area contributed by atoms with Gasteiger partial charge in [0.15, 0.2) is 5.16 Å². The number of aromatic nitrogens is 3. The summed E-state index contributed by atoms with van der Waals surface area (Å²) in [6, 6.07) is 6.67. The highest BCUT2D eigenvalue weighted by Crippen LogP contribution is 2.32. The molecule has 8 heteroatoms. The number of carbonyl (C=O) groups excluding carboxylic acids is 2. The lowest BCUT2D eigenvalue weighted by molar-refractivity contribution is -0.121. The van der Waals surface area contributed by atoms with E-state index in [4.69, 9.17) is 11.6 Å². The van der Waals surface area contributed by atoms with Crippen molar-refractivity contribution in [1.29, 1.82) is 0 Å². The molecule has 2 heterocycles. The summed E-state index contributed by atoms with van der Waals surface area (Å²) in [7, 11) is 0. The molecule has 3 rings (SSSR count). The highest BCUT2D eigenvalue weighted by atomic mass is 35.5. The highest BCUT2D eigenvalue weighted by molar-refractivity contribution is 8.00. The second-order valence-electron chi connectivity index (χ2n) is 4.15. The van der Waals surface area contributed by atoms with Gasteiger partial charge in [-0.15, -0.1) is 0 Å². The van der Waals surface area contributed by atoms with Gasteiger partial charge in [-0.25, -0.2) is 9.88 Å². The normalized spacial score (nSPS) is 18.9. The fourth-order valence-corrected chi connectivity index (χ4v) is 3.07. The van der Waals surface area contributed by atoms with Crippen LogP contribution in [0.3, 0.4) is 0 Å². The van der Waals surface area contributed by atoms with E-state index in [0.717, 1.165) is 0 Å². The molecule has 1 aromatic carbocycles. The maximum atomic E-state index is 12.3. The van der Waals surface area contributed by atoms with Gasteiger partial charge in [-0.3, -0.25) is 14.7 Å². The Bertz CT molecular complexity index is 661. The summed E-state index contributed by atoms with van der Waals surface area (Å²) in [5.41, 5.74) is 0.494. The van der Waals surface area contributed by atoms with Gasteiger partial charge < -0.3 is 0 Å². The number of amides is 2. The highest BCUT2D eigenvalue weighted by Gasteiger charge is 2.40. The Hall–Kier alpha value is -1.86. The minimum atomic E-state index is -0.491. The molecule has 1 N–H and O–H groups in total. The first-order valence-electron chi connectivity index (χ1n) is 5.79. The Morgan fingerprint density at radius 3 is 2.95 bits per heavy atom. The Morgan fingerprint density at radius 2 is 2.25 bits per heavy atom. The summed E-state index contributed by atoms with van der Waals surface area (Å²) in [6.45, 7) is 0. The van der Waals surface area contributed by atoms with Crippen molar-refractivity contribution in [3.05, 3.63) is 35.6 Å². The minimum absolute atomic E-state index is 0.136. The number of nitrogens with one attached hydrogen (secondary N) is 1. The predicted molar refractivity (Wildman–Crippen MR) is 74.6 cm³/mol. The number of rotatable bonds is 3. The molecular formula is C12H9ClN4O2S. The van der Waals surface area contributed by atoms with Crippen LogP contribution in [0.4, 0.5) is 5.69 Å². The summed E-state index contributed by atoms with van der Waals surface area (Å²) < 4.78 is 0. The number of imide groups is 1. The number of hydrogen-bond acceptors (Lipinski definition) is 5. The largest absolute Gasteiger partial charge is 0.274 e. The first-order valence-corrected chi connectivity index (χ1v) is 7.05. The molecule has 1 fully saturated rings. The predicted octanol–water partition coefficient (Wildman–Crippen LogP) is 1.88. The maximum Gasteiger partial charge on any atom is 0.247 e. The molecule has 1 unspecified atom stereocenters. The third-order valence-electron chi connectivity index (χ3n) is 2.82. The van der Waals surface area contributed by atoms with Gasteiger partial charge in [0, 0.05) is 11.4 Å². The average Bonchev–Trinajstić information content (AvgIpc) is 2.99. The van der Waals surface area contributed by atoms with E-state index in [9.17, 15) is 9.59 Å². The van der Waals surface area contributed by atoms with Gasteiger partial charge in [0.1, 0.15) is 11.6 Å². The second kappa shape index (κ2) is 5.26. The number of thioether (sulfide) groups is 1. The molecule has 1 aliphatic heterocycles. The topological polar surface area (TPSA) is 79.0 Å². The van der Waals surface area contributed by atoms with E-state index in [0.29, 0.717) is 15.9 Å². The van der Waals surface area contributed by atoms with Gasteiger partial charge in [-0.1, -0.05) is 29.4 Å². The lowest BCUT2D eigenvalue weighted by atomic mass is 10.3. The molecule has 20 heavy (non-hydrogen) atoms. The number of nitrogens with zero attached hydrogens (tertiary/aromatic N) is 3. The van der Waals surface area contributed by atoms with Gasteiger partial charge in [0.2, 0.25) is 11.8 Å². The Labute approximate surface area is 123 Å². The van der Waals surface area contributed by atoms with Gasteiger partial charge in [0.05, 0.1) is 5.69 Å². The van der Waals surface area contributed by atoms with Crippen LogP contribution in [0.25, 0.3) is 0 Å². The third-order valence-corrected chi connectivity index (χ3v) is 4.13. The van der Waals surface area contributed by atoms with Crippen LogP contribution < -0.4 is 4.90 Å². The molecule has 0 saturated carbocycles. The smallest absolute Gasteiger partial charge is 0.247 e. The Morgan fingerprint density at radius 1 is 1.40 bits per heavy atom. The zero-order chi connectivity index (χ0) is 14.1. The third kappa shape index (κ3) is 2.41. The van der Waals surface area contributed by atoms with Crippen molar-refractivity contribution < 1.29 is 9.59 Å². The van der Waals surface area contributed by atoms with Crippen molar-refractivity contribution in [1.82, 2.24) is 15.2 Å². The second-order valence-corrected chi connectivity index (χ2v) is 5.78. The lowest BCUT2D eigenvalue weighted by Crippen LogP contribution is -2.31. The van der Waals surface area contributed by atoms with Crippen molar-refractivity contribution in [3.8, 4) is 0 Å². The standard InChI is InChI=1S/C12H9ClN4O2S/c13-7-2-1-3-8(4-7)17-10(18)5-9(11(17)19)20-12-14-6-15-16-12/h1-4,6,9H,5H2,(H,14,15,16). The average molecular weight is 309 g/mol. The molecule has 0 radical (unpaired) electrons. The number of carbonyl (C=O) groups is 2. The van der Waals surface area contributed by atoms with E-state index in [1.165, 1.54) is 23.0 Å². The summed E-state index contributed by atoms with van der Waals surface area (Å²) in [4.78, 5) is 29.5. The van der Waals surface area contributed by atoms with Crippen LogP contribution in [0.1, 0.15) is 6.42 Å². The Balaban J connectivity index is 1.83. The van der Waals surface area contributed by atoms with Crippen molar-refractivity contribution in [2.75, 3.05) is 4.90 Å². The van der Waals surface area contributed by atoms with Gasteiger partial charge in [-0.2, -0.15) is 5.10 Å². The van der Waals surface area contributed by atoms with E-state index < -0.39 is 5.25 Å². The number of anilines is 1. The van der Waals surface area contributed by atoms with Crippen LogP contribution in [0.2, 0.25) is 5.02 Å². The first kappa shape index (κ1) is 13.1. The fourth-order valence-electron chi connectivity index (χ4n) is 1.97. The van der Waals surface area contributed by atoms with Crippen LogP contribution >= 0.6 is 23.4 Å². The molecule has 0 bridgehead atoms. The van der Waals surface area contributed by atoms with E-state index in [-0.39, 0.29) is 18.2 Å². The molecule has 2 amide bonds. The van der Waals surface area contributed by atoms with E-state index >= 15 is 0 Å². The number of H-pyrrole nitrogens is 1. The quantitative estimate of drug-likeness (QED) is 0.876. The molecule has 0 spiro atoms. The molecule has 1 atom stereocenters. The number of benzene rings is 1. The van der Waals surface area contributed by atoms with Crippen LogP contribution in [-0.2, 0) is 9.59 Å². The van der Waals surface area contributed by atoms with Gasteiger partial charge in [-0.05, 0) is 18.2 Å². The fraction of sp³-hybridized carbons (Fsp3) is 0.167. The number of hydrogen-bond donors (Lipinski definition) is 1. The molecule has 102 valence electrons. The molecule has 6 nitrogen and oxygen atoms in total. The molecular weight excluding hydrogens is 300 g/mol. The molecule has 2 aromatic rings. The van der Waals surface area contributed by atoms with Gasteiger partial charge >= 0.3 is 0 Å². The monoisotopic (exact) mass is 308 g/mol. The number of aromatic amines is 1. The SMILES string of the molecule is O=C1CC(Sc2ncn[nH]2)C(=O)N1c1cccc(Cl)c1. The summed E-state index contributed by atoms with van der Waals surface area (Å²) >= 11 is 7.09. The Kier molecular flexibility index (Phi) is 3.45. The van der Waals surface area contributed by atoms with Crippen molar-refractivity contribution >= 4 is 40.9 Å². The van der Waals surface area contributed by atoms with Gasteiger partial charge in [0.25, 0.3) is 0 Å². The van der Waals surface area contributed by atoms with E-state index in [1.54, 1.807) is 24.3 Å².